The van der Waals surface area contributed by atoms with Crippen molar-refractivity contribution in [3.63, 3.8) is 0 Å². The van der Waals surface area contributed by atoms with Crippen molar-refractivity contribution in [2.45, 2.75) is 26.0 Å². The van der Waals surface area contributed by atoms with Crippen LogP contribution in [0, 0.1) is 0 Å². The van der Waals surface area contributed by atoms with Crippen molar-refractivity contribution in [2.24, 2.45) is 5.84 Å². The molecular formula is C12H16F2N2O. The van der Waals surface area contributed by atoms with Crippen molar-refractivity contribution in [3.05, 3.63) is 42.0 Å². The van der Waals surface area contributed by atoms with Gasteiger partial charge in [-0.2, -0.15) is 8.78 Å². The fraction of sp³-hybridized carbons (Fsp3) is 0.333. The van der Waals surface area contributed by atoms with E-state index < -0.39 is 6.61 Å². The smallest absolute Gasteiger partial charge is 0.387 e. The summed E-state index contributed by atoms with van der Waals surface area (Å²) in [5.41, 5.74) is 4.08. The first kappa shape index (κ1) is 13.6. The van der Waals surface area contributed by atoms with Gasteiger partial charge in [-0.1, -0.05) is 23.8 Å². The summed E-state index contributed by atoms with van der Waals surface area (Å²) >= 11 is 0. The molecule has 0 aliphatic carbocycles. The maximum absolute atomic E-state index is 12.2. The van der Waals surface area contributed by atoms with Gasteiger partial charge in [-0.3, -0.25) is 11.3 Å². The molecule has 0 spiro atoms. The average molecular weight is 242 g/mol. The standard InChI is InChI=1S/C12H16F2N2O/c1-8(2)7-10(16-15)9-5-3-4-6-11(9)17-12(13)14/h3-6,10,12,16H,1,7,15H2,2H3. The lowest BCUT2D eigenvalue weighted by atomic mass is 10.00. The normalized spacial score (nSPS) is 12.5. The molecule has 0 radical (unpaired) electrons. The number of ether oxygens (including phenoxy) is 1. The third-order valence-corrected chi connectivity index (χ3v) is 2.26. The van der Waals surface area contributed by atoms with Crippen LogP contribution in [0.2, 0.25) is 0 Å². The SMILES string of the molecule is C=C(C)CC(NN)c1ccccc1OC(F)F. The molecule has 94 valence electrons. The maximum Gasteiger partial charge on any atom is 0.387 e. The molecule has 0 fully saturated rings. The van der Waals surface area contributed by atoms with E-state index >= 15 is 0 Å². The number of alkyl halides is 2. The van der Waals surface area contributed by atoms with Crippen LogP contribution in [0.4, 0.5) is 8.78 Å². The van der Waals surface area contributed by atoms with E-state index in [-0.39, 0.29) is 11.8 Å². The Labute approximate surface area is 99.2 Å². The van der Waals surface area contributed by atoms with Gasteiger partial charge < -0.3 is 4.74 Å². The van der Waals surface area contributed by atoms with Crippen LogP contribution >= 0.6 is 0 Å². The molecule has 0 aliphatic heterocycles. The van der Waals surface area contributed by atoms with Gasteiger partial charge in [0.15, 0.2) is 0 Å². The van der Waals surface area contributed by atoms with Crippen molar-refractivity contribution in [1.29, 1.82) is 0 Å². The molecule has 3 N–H and O–H groups in total. The average Bonchev–Trinajstić information content (AvgIpc) is 2.26. The van der Waals surface area contributed by atoms with Crippen molar-refractivity contribution in [2.75, 3.05) is 0 Å². The summed E-state index contributed by atoms with van der Waals surface area (Å²) in [5.74, 6) is 5.55. The summed E-state index contributed by atoms with van der Waals surface area (Å²) in [6.45, 7) is 2.77. The second-order valence-electron chi connectivity index (χ2n) is 3.80. The number of rotatable bonds is 6. The van der Waals surface area contributed by atoms with E-state index in [4.69, 9.17) is 5.84 Å². The van der Waals surface area contributed by atoms with E-state index in [2.05, 4.69) is 16.7 Å². The molecule has 1 aromatic carbocycles. The highest BCUT2D eigenvalue weighted by atomic mass is 19.3. The first-order valence-electron chi connectivity index (χ1n) is 5.18. The lowest BCUT2D eigenvalue weighted by Crippen LogP contribution is -2.28. The van der Waals surface area contributed by atoms with Crippen molar-refractivity contribution < 1.29 is 13.5 Å². The minimum atomic E-state index is -2.85. The van der Waals surface area contributed by atoms with Gasteiger partial charge >= 0.3 is 6.61 Å². The fourth-order valence-electron chi connectivity index (χ4n) is 1.58. The molecule has 0 bridgehead atoms. The van der Waals surface area contributed by atoms with Crippen LogP contribution in [0.15, 0.2) is 36.4 Å². The van der Waals surface area contributed by atoms with Gasteiger partial charge in [-0.15, -0.1) is 6.58 Å². The van der Waals surface area contributed by atoms with Crippen molar-refractivity contribution in [3.8, 4) is 5.75 Å². The van der Waals surface area contributed by atoms with E-state index in [0.717, 1.165) is 5.57 Å². The predicted octanol–water partition coefficient (Wildman–Crippen LogP) is 2.76. The number of para-hydroxylation sites is 1. The zero-order valence-electron chi connectivity index (χ0n) is 9.62. The van der Waals surface area contributed by atoms with E-state index in [0.29, 0.717) is 12.0 Å². The second kappa shape index (κ2) is 6.32. The Kier molecular flexibility index (Phi) is 5.06. The number of halogens is 2. The molecule has 17 heavy (non-hydrogen) atoms. The van der Waals surface area contributed by atoms with E-state index in [9.17, 15) is 8.78 Å². The van der Waals surface area contributed by atoms with Gasteiger partial charge in [-0.05, 0) is 19.4 Å². The highest BCUT2D eigenvalue weighted by Crippen LogP contribution is 2.29. The molecular weight excluding hydrogens is 226 g/mol. The highest BCUT2D eigenvalue weighted by molar-refractivity contribution is 5.36. The summed E-state index contributed by atoms with van der Waals surface area (Å²) < 4.78 is 28.9. The van der Waals surface area contributed by atoms with Gasteiger partial charge in [0, 0.05) is 5.56 Å². The lowest BCUT2D eigenvalue weighted by Gasteiger charge is -2.19. The molecule has 3 nitrogen and oxygen atoms in total. The van der Waals surface area contributed by atoms with Crippen LogP contribution < -0.4 is 16.0 Å². The minimum Gasteiger partial charge on any atom is -0.434 e. The molecule has 0 aliphatic rings. The third-order valence-electron chi connectivity index (χ3n) is 2.26. The molecule has 1 unspecified atom stereocenters. The summed E-state index contributed by atoms with van der Waals surface area (Å²) in [6, 6.07) is 6.28. The Hall–Kier alpha value is -1.46. The van der Waals surface area contributed by atoms with Crippen LogP contribution in [0.5, 0.6) is 5.75 Å². The van der Waals surface area contributed by atoms with Crippen LogP contribution in [0.1, 0.15) is 24.9 Å². The number of hydrogen-bond acceptors (Lipinski definition) is 3. The topological polar surface area (TPSA) is 47.3 Å². The van der Waals surface area contributed by atoms with E-state index in [1.54, 1.807) is 18.2 Å². The lowest BCUT2D eigenvalue weighted by molar-refractivity contribution is -0.0507. The number of benzene rings is 1. The number of hydrazine groups is 1. The maximum atomic E-state index is 12.2. The van der Waals surface area contributed by atoms with E-state index in [1.165, 1.54) is 6.07 Å². The first-order chi connectivity index (χ1) is 8.04. The molecule has 1 rings (SSSR count). The molecule has 1 atom stereocenters. The Balaban J connectivity index is 2.96. The van der Waals surface area contributed by atoms with Crippen LogP contribution in [-0.4, -0.2) is 6.61 Å². The van der Waals surface area contributed by atoms with Crippen LogP contribution in [0.3, 0.4) is 0 Å². The van der Waals surface area contributed by atoms with Gasteiger partial charge in [0.05, 0.1) is 6.04 Å². The van der Waals surface area contributed by atoms with E-state index in [1.807, 2.05) is 6.92 Å². The first-order valence-corrected chi connectivity index (χ1v) is 5.18. The van der Waals surface area contributed by atoms with Gasteiger partial charge in [0.25, 0.3) is 0 Å². The Morgan fingerprint density at radius 1 is 1.47 bits per heavy atom. The van der Waals surface area contributed by atoms with Crippen molar-refractivity contribution in [1.82, 2.24) is 5.43 Å². The molecule has 1 aromatic rings. The zero-order valence-corrected chi connectivity index (χ0v) is 9.62. The largest absolute Gasteiger partial charge is 0.434 e. The predicted molar refractivity (Wildman–Crippen MR) is 62.6 cm³/mol. The highest BCUT2D eigenvalue weighted by Gasteiger charge is 2.16. The third kappa shape index (κ3) is 4.13. The van der Waals surface area contributed by atoms with Gasteiger partial charge in [0.2, 0.25) is 0 Å². The number of nitrogens with two attached hydrogens (primary N) is 1. The van der Waals surface area contributed by atoms with Crippen molar-refractivity contribution >= 4 is 0 Å². The quantitative estimate of drug-likeness (QED) is 0.458. The van der Waals surface area contributed by atoms with Crippen LogP contribution in [-0.2, 0) is 0 Å². The molecule has 0 saturated heterocycles. The molecule has 5 heteroatoms. The monoisotopic (exact) mass is 242 g/mol. The summed E-state index contributed by atoms with van der Waals surface area (Å²) in [7, 11) is 0. The van der Waals surface area contributed by atoms with Crippen LogP contribution in [0.25, 0.3) is 0 Å². The summed E-state index contributed by atoms with van der Waals surface area (Å²) in [4.78, 5) is 0. The molecule has 0 heterocycles. The van der Waals surface area contributed by atoms with Gasteiger partial charge in [0.1, 0.15) is 5.75 Å². The fourth-order valence-corrected chi connectivity index (χ4v) is 1.58. The molecule has 0 amide bonds. The minimum absolute atomic E-state index is 0.131. The molecule has 0 aromatic heterocycles. The number of nitrogens with one attached hydrogen (secondary N) is 1. The molecule has 0 saturated carbocycles. The Bertz CT molecular complexity index is 383. The number of hydrogen-bond donors (Lipinski definition) is 2. The zero-order chi connectivity index (χ0) is 12.8. The summed E-state index contributed by atoms with van der Waals surface area (Å²) in [5, 5.41) is 0. The Morgan fingerprint density at radius 3 is 2.65 bits per heavy atom. The Morgan fingerprint density at radius 2 is 2.12 bits per heavy atom. The summed E-state index contributed by atoms with van der Waals surface area (Å²) in [6.07, 6.45) is 0.556. The second-order valence-corrected chi connectivity index (χ2v) is 3.80. The van der Waals surface area contributed by atoms with Gasteiger partial charge in [-0.25, -0.2) is 0 Å².